The Kier molecular flexibility index (Phi) is 6.08. The molecule has 0 aromatic carbocycles. The van der Waals surface area contributed by atoms with Gasteiger partial charge in [-0.15, -0.1) is 0 Å². The van der Waals surface area contributed by atoms with E-state index in [0.717, 1.165) is 23.1 Å². The molecule has 0 bridgehead atoms. The van der Waals surface area contributed by atoms with E-state index in [1.165, 1.54) is 0 Å². The van der Waals surface area contributed by atoms with Crippen LogP contribution in [0.3, 0.4) is 0 Å². The Hall–Kier alpha value is -2.75. The molecule has 2 aromatic heterocycles. The van der Waals surface area contributed by atoms with Gasteiger partial charge in [0.15, 0.2) is 5.69 Å². The van der Waals surface area contributed by atoms with Crippen molar-refractivity contribution < 1.29 is 18.0 Å². The molecule has 150 valence electrons. The summed E-state index contributed by atoms with van der Waals surface area (Å²) in [6, 6.07) is 3.80. The molecule has 3 rings (SSSR count). The van der Waals surface area contributed by atoms with E-state index in [0.29, 0.717) is 38.2 Å². The highest BCUT2D eigenvalue weighted by molar-refractivity contribution is 7.90. The van der Waals surface area contributed by atoms with Crippen molar-refractivity contribution >= 4 is 21.7 Å². The maximum Gasteiger partial charge on any atom is 0.272 e. The Morgan fingerprint density at radius 1 is 1.29 bits per heavy atom. The van der Waals surface area contributed by atoms with Gasteiger partial charge in [-0.2, -0.15) is 5.10 Å². The van der Waals surface area contributed by atoms with Crippen molar-refractivity contribution in [3.63, 3.8) is 0 Å². The van der Waals surface area contributed by atoms with E-state index in [2.05, 4.69) is 20.5 Å². The summed E-state index contributed by atoms with van der Waals surface area (Å²) < 4.78 is 22.5. The molecule has 0 atom stereocenters. The maximum absolute atomic E-state index is 12.4. The number of carbonyl (C=O) groups excluding carboxylic acids is 2. The minimum absolute atomic E-state index is 0.0371. The third-order valence-electron chi connectivity index (χ3n) is 4.64. The summed E-state index contributed by atoms with van der Waals surface area (Å²) in [5, 5.41) is 9.83. The fourth-order valence-electron chi connectivity index (χ4n) is 3.10. The average molecular weight is 405 g/mol. The van der Waals surface area contributed by atoms with Crippen LogP contribution < -0.4 is 5.32 Å². The summed E-state index contributed by atoms with van der Waals surface area (Å²) in [4.78, 5) is 30.2. The number of rotatable bonds is 7. The molecule has 3 heterocycles. The van der Waals surface area contributed by atoms with Gasteiger partial charge in [0, 0.05) is 43.7 Å². The molecule has 9 nitrogen and oxygen atoms in total. The van der Waals surface area contributed by atoms with Gasteiger partial charge in [-0.25, -0.2) is 8.42 Å². The first kappa shape index (κ1) is 20.0. The van der Waals surface area contributed by atoms with E-state index in [1.54, 1.807) is 17.3 Å². The van der Waals surface area contributed by atoms with Crippen LogP contribution in [0.1, 0.15) is 33.7 Å². The topological polar surface area (TPSA) is 125 Å². The zero-order valence-electron chi connectivity index (χ0n) is 15.6. The SMILES string of the molecule is CS(=O)(=O)CCC(=O)N1CCc2c(C(=O)NCCc3ccncc3)n[nH]c2C1. The number of aromatic amines is 1. The van der Waals surface area contributed by atoms with Gasteiger partial charge in [0.2, 0.25) is 5.91 Å². The standard InChI is InChI=1S/C18H23N5O4S/c1-28(26,27)11-6-16(24)23-10-5-14-15(12-23)21-22-17(14)18(25)20-9-4-13-2-7-19-8-3-13/h2-3,7-8H,4-6,9-12H2,1H3,(H,20,25)(H,21,22). The van der Waals surface area contributed by atoms with Crippen LogP contribution in [0.5, 0.6) is 0 Å². The van der Waals surface area contributed by atoms with Crippen LogP contribution in [0, 0.1) is 0 Å². The summed E-state index contributed by atoms with van der Waals surface area (Å²) in [7, 11) is -3.18. The van der Waals surface area contributed by atoms with Crippen molar-refractivity contribution in [1.82, 2.24) is 25.4 Å². The largest absolute Gasteiger partial charge is 0.350 e. The van der Waals surface area contributed by atoms with Gasteiger partial charge in [0.25, 0.3) is 5.91 Å². The highest BCUT2D eigenvalue weighted by atomic mass is 32.2. The molecule has 2 aromatic rings. The van der Waals surface area contributed by atoms with E-state index in [1.807, 2.05) is 12.1 Å². The fraction of sp³-hybridized carbons (Fsp3) is 0.444. The molecule has 2 N–H and O–H groups in total. The lowest BCUT2D eigenvalue weighted by Crippen LogP contribution is -2.37. The summed E-state index contributed by atoms with van der Waals surface area (Å²) in [5.74, 6) is -0.624. The first-order chi connectivity index (χ1) is 13.3. The lowest BCUT2D eigenvalue weighted by Gasteiger charge is -2.26. The number of carbonyl (C=O) groups is 2. The second-order valence-corrected chi connectivity index (χ2v) is 9.10. The Labute approximate surface area is 163 Å². The molecular weight excluding hydrogens is 382 g/mol. The van der Waals surface area contributed by atoms with Crippen molar-refractivity contribution in [1.29, 1.82) is 0 Å². The number of fused-ring (bicyclic) bond motifs is 1. The van der Waals surface area contributed by atoms with Gasteiger partial charge in [0.1, 0.15) is 9.84 Å². The predicted octanol–water partition coefficient (Wildman–Crippen LogP) is 0.0966. The Balaban J connectivity index is 1.55. The second kappa shape index (κ2) is 8.51. The quantitative estimate of drug-likeness (QED) is 0.673. The van der Waals surface area contributed by atoms with E-state index >= 15 is 0 Å². The molecule has 1 aliphatic rings. The maximum atomic E-state index is 12.4. The lowest BCUT2D eigenvalue weighted by atomic mass is 10.0. The number of hydrogen-bond acceptors (Lipinski definition) is 6. The minimum Gasteiger partial charge on any atom is -0.350 e. The van der Waals surface area contributed by atoms with E-state index in [-0.39, 0.29) is 24.0 Å². The fourth-order valence-corrected chi connectivity index (χ4v) is 3.65. The lowest BCUT2D eigenvalue weighted by molar-refractivity contribution is -0.131. The van der Waals surface area contributed by atoms with Gasteiger partial charge in [0.05, 0.1) is 18.0 Å². The van der Waals surface area contributed by atoms with Crippen molar-refractivity contribution in [2.24, 2.45) is 0 Å². The summed E-state index contributed by atoms with van der Waals surface area (Å²) in [5.41, 5.74) is 2.97. The molecule has 1 aliphatic heterocycles. The van der Waals surface area contributed by atoms with Crippen molar-refractivity contribution in [2.75, 3.05) is 25.1 Å². The van der Waals surface area contributed by atoms with Crippen LogP contribution in [0.4, 0.5) is 0 Å². The smallest absolute Gasteiger partial charge is 0.272 e. The number of hydrogen-bond donors (Lipinski definition) is 2. The van der Waals surface area contributed by atoms with Crippen LogP contribution in [0.15, 0.2) is 24.5 Å². The van der Waals surface area contributed by atoms with Crippen LogP contribution in [0.2, 0.25) is 0 Å². The molecule has 0 aliphatic carbocycles. The molecule has 28 heavy (non-hydrogen) atoms. The van der Waals surface area contributed by atoms with Crippen LogP contribution >= 0.6 is 0 Å². The number of pyridine rings is 1. The Bertz CT molecular complexity index is 956. The molecule has 10 heteroatoms. The zero-order valence-corrected chi connectivity index (χ0v) is 16.5. The van der Waals surface area contributed by atoms with Gasteiger partial charge < -0.3 is 10.2 Å². The van der Waals surface area contributed by atoms with Gasteiger partial charge in [-0.05, 0) is 30.5 Å². The molecule has 0 radical (unpaired) electrons. The highest BCUT2D eigenvalue weighted by Crippen LogP contribution is 2.20. The van der Waals surface area contributed by atoms with Gasteiger partial charge in [-0.3, -0.25) is 19.7 Å². The third-order valence-corrected chi connectivity index (χ3v) is 5.58. The van der Waals surface area contributed by atoms with Crippen molar-refractivity contribution in [3.8, 4) is 0 Å². The molecule has 0 spiro atoms. The number of nitrogens with one attached hydrogen (secondary N) is 2. The zero-order chi connectivity index (χ0) is 20.1. The molecular formula is C18H23N5O4S. The molecule has 0 saturated carbocycles. The number of sulfone groups is 1. The predicted molar refractivity (Wildman–Crippen MR) is 102 cm³/mol. The summed E-state index contributed by atoms with van der Waals surface area (Å²) in [6.45, 7) is 1.22. The second-order valence-electron chi connectivity index (χ2n) is 6.84. The first-order valence-electron chi connectivity index (χ1n) is 9.02. The summed E-state index contributed by atoms with van der Waals surface area (Å²) >= 11 is 0. The van der Waals surface area contributed by atoms with E-state index in [9.17, 15) is 18.0 Å². The third kappa shape index (κ3) is 5.16. The highest BCUT2D eigenvalue weighted by Gasteiger charge is 2.27. The Morgan fingerprint density at radius 3 is 2.75 bits per heavy atom. The molecule has 0 fully saturated rings. The number of nitrogens with zero attached hydrogens (tertiary/aromatic N) is 3. The van der Waals surface area contributed by atoms with Gasteiger partial charge >= 0.3 is 0 Å². The number of aromatic nitrogens is 3. The monoisotopic (exact) mass is 405 g/mol. The summed E-state index contributed by atoms with van der Waals surface area (Å²) in [6.07, 6.45) is 5.70. The Morgan fingerprint density at radius 2 is 2.04 bits per heavy atom. The minimum atomic E-state index is -3.18. The normalized spacial score (nSPS) is 13.8. The molecule has 0 saturated heterocycles. The van der Waals surface area contributed by atoms with E-state index < -0.39 is 9.84 Å². The first-order valence-corrected chi connectivity index (χ1v) is 11.1. The van der Waals surface area contributed by atoms with Crippen molar-refractivity contribution in [3.05, 3.63) is 47.0 Å². The number of amides is 2. The van der Waals surface area contributed by atoms with Crippen LogP contribution in [-0.2, 0) is 34.0 Å². The average Bonchev–Trinajstić information content (AvgIpc) is 3.09. The van der Waals surface area contributed by atoms with E-state index in [4.69, 9.17) is 0 Å². The number of H-pyrrole nitrogens is 1. The van der Waals surface area contributed by atoms with Crippen LogP contribution in [0.25, 0.3) is 0 Å². The van der Waals surface area contributed by atoms with Gasteiger partial charge in [-0.1, -0.05) is 0 Å². The molecule has 0 unspecified atom stereocenters. The van der Waals surface area contributed by atoms with Crippen LogP contribution in [-0.4, -0.2) is 65.4 Å². The van der Waals surface area contributed by atoms with Crippen molar-refractivity contribution in [2.45, 2.75) is 25.8 Å². The molecule has 2 amide bonds.